The summed E-state index contributed by atoms with van der Waals surface area (Å²) < 4.78 is 0. The molecule has 3 rings (SSSR count). The maximum absolute atomic E-state index is 12.5. The highest BCUT2D eigenvalue weighted by Gasteiger charge is 2.25. The Bertz CT molecular complexity index is 883. The number of amides is 2. The van der Waals surface area contributed by atoms with Crippen LogP contribution in [0.5, 0.6) is 0 Å². The van der Waals surface area contributed by atoms with Crippen LogP contribution >= 0.6 is 23.2 Å². The number of aryl methyl sites for hydroxylation is 1. The smallest absolute Gasteiger partial charge is 0.228 e. The first-order valence-corrected chi connectivity index (χ1v) is 10.4. The number of nitrogens with one attached hydrogen (secondary N) is 2. The Kier molecular flexibility index (Phi) is 7.47. The third-order valence-electron chi connectivity index (χ3n) is 4.98. The molecular formula is C21H24Cl2N4O2. The van der Waals surface area contributed by atoms with Gasteiger partial charge in [0.05, 0.1) is 10.7 Å². The molecule has 0 unspecified atom stereocenters. The lowest BCUT2D eigenvalue weighted by atomic mass is 9.96. The number of piperidine rings is 1. The normalized spacial score (nSPS) is 15.1. The molecule has 0 radical (unpaired) electrons. The molecule has 0 saturated carbocycles. The zero-order valence-electron chi connectivity index (χ0n) is 16.3. The van der Waals surface area contributed by atoms with Crippen molar-refractivity contribution in [3.05, 3.63) is 52.1 Å². The van der Waals surface area contributed by atoms with Crippen molar-refractivity contribution in [3.63, 3.8) is 0 Å². The molecule has 2 N–H and O–H groups in total. The van der Waals surface area contributed by atoms with E-state index in [1.54, 1.807) is 24.4 Å². The van der Waals surface area contributed by atoms with Crippen molar-refractivity contribution in [1.82, 2.24) is 9.88 Å². The summed E-state index contributed by atoms with van der Waals surface area (Å²) in [6.45, 7) is 4.17. The minimum absolute atomic E-state index is 0.0103. The summed E-state index contributed by atoms with van der Waals surface area (Å²) in [5, 5.41) is 6.67. The minimum atomic E-state index is -0.112. The van der Waals surface area contributed by atoms with E-state index in [9.17, 15) is 9.59 Å². The van der Waals surface area contributed by atoms with E-state index in [4.69, 9.17) is 23.2 Å². The van der Waals surface area contributed by atoms with Gasteiger partial charge in [-0.15, -0.1) is 0 Å². The first-order valence-electron chi connectivity index (χ1n) is 9.61. The molecule has 0 bridgehead atoms. The molecule has 1 saturated heterocycles. The number of hydrogen-bond acceptors (Lipinski definition) is 4. The van der Waals surface area contributed by atoms with Crippen molar-refractivity contribution in [3.8, 4) is 0 Å². The number of carbonyl (C=O) groups excluding carboxylic acids is 2. The van der Waals surface area contributed by atoms with Gasteiger partial charge in [0.1, 0.15) is 5.82 Å². The molecule has 1 aromatic heterocycles. The molecule has 8 heteroatoms. The number of benzene rings is 1. The second-order valence-corrected chi connectivity index (χ2v) is 8.09. The number of nitrogens with zero attached hydrogens (tertiary/aromatic N) is 2. The summed E-state index contributed by atoms with van der Waals surface area (Å²) in [5.74, 6) is 0.456. The van der Waals surface area contributed by atoms with Crippen LogP contribution < -0.4 is 10.6 Å². The van der Waals surface area contributed by atoms with Gasteiger partial charge in [-0.25, -0.2) is 4.98 Å². The molecule has 29 heavy (non-hydrogen) atoms. The molecule has 1 aliphatic rings. The van der Waals surface area contributed by atoms with Gasteiger partial charge in [-0.05, 0) is 68.8 Å². The van der Waals surface area contributed by atoms with E-state index in [1.165, 1.54) is 0 Å². The number of pyridine rings is 1. The van der Waals surface area contributed by atoms with E-state index in [0.29, 0.717) is 34.5 Å². The third-order valence-corrected chi connectivity index (χ3v) is 5.55. The first-order chi connectivity index (χ1) is 13.9. The van der Waals surface area contributed by atoms with E-state index in [0.717, 1.165) is 31.5 Å². The van der Waals surface area contributed by atoms with Gasteiger partial charge < -0.3 is 15.5 Å². The van der Waals surface area contributed by atoms with E-state index in [-0.39, 0.29) is 17.7 Å². The van der Waals surface area contributed by atoms with Crippen molar-refractivity contribution in [1.29, 1.82) is 0 Å². The summed E-state index contributed by atoms with van der Waals surface area (Å²) in [7, 11) is 0. The number of likely N-dealkylation sites (tertiary alicyclic amines) is 1. The highest BCUT2D eigenvalue weighted by atomic mass is 35.5. The molecule has 1 aliphatic heterocycles. The van der Waals surface area contributed by atoms with Crippen molar-refractivity contribution < 1.29 is 9.59 Å². The molecule has 1 aromatic carbocycles. The standard InChI is InChI=1S/C21H24Cl2N4O2/c1-14-4-8-24-19(12-14)26-21(29)15-5-9-27(10-6-15)11-7-20(28)25-18-13-16(22)2-3-17(18)23/h2-4,8,12-13,15H,5-7,9-11H2,1H3,(H,25,28)(H,24,26,29). The fourth-order valence-electron chi connectivity index (χ4n) is 3.32. The molecule has 6 nitrogen and oxygen atoms in total. The van der Waals surface area contributed by atoms with Crippen LogP contribution in [0.1, 0.15) is 24.8 Å². The van der Waals surface area contributed by atoms with Gasteiger partial charge in [0, 0.05) is 30.1 Å². The number of carbonyl (C=O) groups is 2. The van der Waals surface area contributed by atoms with E-state index in [2.05, 4.69) is 20.5 Å². The summed E-state index contributed by atoms with van der Waals surface area (Å²) in [6.07, 6.45) is 3.57. The van der Waals surface area contributed by atoms with E-state index >= 15 is 0 Å². The predicted molar refractivity (Wildman–Crippen MR) is 116 cm³/mol. The Hall–Kier alpha value is -2.15. The van der Waals surface area contributed by atoms with Gasteiger partial charge in [-0.3, -0.25) is 9.59 Å². The third kappa shape index (κ3) is 6.42. The van der Waals surface area contributed by atoms with E-state index in [1.807, 2.05) is 19.1 Å². The van der Waals surface area contributed by atoms with Crippen LogP contribution in [0.3, 0.4) is 0 Å². The van der Waals surface area contributed by atoms with Crippen molar-refractivity contribution in [2.24, 2.45) is 5.92 Å². The van der Waals surface area contributed by atoms with Crippen LogP contribution in [-0.2, 0) is 9.59 Å². The second kappa shape index (κ2) is 10.1. The lowest BCUT2D eigenvalue weighted by Gasteiger charge is -2.31. The Morgan fingerprint density at radius 3 is 2.62 bits per heavy atom. The van der Waals surface area contributed by atoms with Gasteiger partial charge >= 0.3 is 0 Å². The largest absolute Gasteiger partial charge is 0.325 e. The summed E-state index contributed by atoms with van der Waals surface area (Å²) in [5.41, 5.74) is 1.58. The van der Waals surface area contributed by atoms with Crippen LogP contribution in [0.2, 0.25) is 10.0 Å². The zero-order chi connectivity index (χ0) is 20.8. The van der Waals surface area contributed by atoms with Gasteiger partial charge in [0.15, 0.2) is 0 Å². The van der Waals surface area contributed by atoms with Crippen molar-refractivity contribution in [2.75, 3.05) is 30.3 Å². The highest BCUT2D eigenvalue weighted by molar-refractivity contribution is 6.35. The zero-order valence-corrected chi connectivity index (χ0v) is 17.8. The molecule has 0 aliphatic carbocycles. The molecular weight excluding hydrogens is 411 g/mol. The Morgan fingerprint density at radius 1 is 1.14 bits per heavy atom. The van der Waals surface area contributed by atoms with Gasteiger partial charge in [0.2, 0.25) is 11.8 Å². The first kappa shape index (κ1) is 21.6. The molecule has 2 amide bonds. The van der Waals surface area contributed by atoms with E-state index < -0.39 is 0 Å². The highest BCUT2D eigenvalue weighted by Crippen LogP contribution is 2.25. The molecule has 0 spiro atoms. The van der Waals surface area contributed by atoms with Crippen LogP contribution in [0.4, 0.5) is 11.5 Å². The molecule has 154 valence electrons. The summed E-state index contributed by atoms with van der Waals surface area (Å²) in [4.78, 5) is 31.1. The Labute approximate surface area is 180 Å². The lowest BCUT2D eigenvalue weighted by Crippen LogP contribution is -2.39. The fraction of sp³-hybridized carbons (Fsp3) is 0.381. The SMILES string of the molecule is Cc1ccnc(NC(=O)C2CCN(CCC(=O)Nc3cc(Cl)ccc3Cl)CC2)c1. The Morgan fingerprint density at radius 2 is 1.90 bits per heavy atom. The van der Waals surface area contributed by atoms with Crippen molar-refractivity contribution in [2.45, 2.75) is 26.2 Å². The summed E-state index contributed by atoms with van der Waals surface area (Å²) in [6, 6.07) is 8.72. The second-order valence-electron chi connectivity index (χ2n) is 7.25. The molecule has 1 fully saturated rings. The topological polar surface area (TPSA) is 74.3 Å². The van der Waals surface area contributed by atoms with Gasteiger partial charge in [-0.1, -0.05) is 23.2 Å². The average Bonchev–Trinajstić information content (AvgIpc) is 2.69. The number of halogens is 2. The molecule has 2 heterocycles. The minimum Gasteiger partial charge on any atom is -0.325 e. The molecule has 2 aromatic rings. The maximum atomic E-state index is 12.5. The monoisotopic (exact) mass is 434 g/mol. The van der Waals surface area contributed by atoms with Crippen molar-refractivity contribution >= 4 is 46.5 Å². The average molecular weight is 435 g/mol. The maximum Gasteiger partial charge on any atom is 0.228 e. The number of anilines is 2. The number of hydrogen-bond donors (Lipinski definition) is 2. The quantitative estimate of drug-likeness (QED) is 0.707. The number of aromatic nitrogens is 1. The lowest BCUT2D eigenvalue weighted by molar-refractivity contribution is -0.121. The predicted octanol–water partition coefficient (Wildman–Crippen LogP) is 4.38. The Balaban J connectivity index is 1.41. The summed E-state index contributed by atoms with van der Waals surface area (Å²) >= 11 is 12.0. The van der Waals surface area contributed by atoms with Gasteiger partial charge in [-0.2, -0.15) is 0 Å². The van der Waals surface area contributed by atoms with Crippen LogP contribution in [0, 0.1) is 12.8 Å². The van der Waals surface area contributed by atoms with Gasteiger partial charge in [0.25, 0.3) is 0 Å². The fourth-order valence-corrected chi connectivity index (χ4v) is 3.65. The van der Waals surface area contributed by atoms with Crippen LogP contribution in [-0.4, -0.2) is 41.3 Å². The number of rotatable bonds is 6. The molecule has 0 atom stereocenters. The van der Waals surface area contributed by atoms with Crippen LogP contribution in [0.25, 0.3) is 0 Å². The van der Waals surface area contributed by atoms with Crippen LogP contribution in [0.15, 0.2) is 36.5 Å².